The highest BCUT2D eigenvalue weighted by Gasteiger charge is 2.11. The number of alkyl carbamates (subject to hydrolysis) is 1. The van der Waals surface area contributed by atoms with Crippen LogP contribution in [-0.4, -0.2) is 23.8 Å². The van der Waals surface area contributed by atoms with Gasteiger partial charge >= 0.3 is 12.2 Å². The Hall–Kier alpha value is -1.79. The molecule has 0 aliphatic carbocycles. The molecule has 1 aromatic carbocycles. The number of nitrogens with two attached hydrogens (primary N) is 1. The van der Waals surface area contributed by atoms with Gasteiger partial charge in [-0.15, -0.1) is 0 Å². The molecule has 0 saturated heterocycles. The van der Waals surface area contributed by atoms with Gasteiger partial charge in [0.25, 0.3) is 0 Å². The Kier molecular flexibility index (Phi) is 4.74. The SMILES string of the molecule is NC(=O)OC(=O)NC[C@H](O)c1cccc(Cl)c1. The van der Waals surface area contributed by atoms with Crippen molar-refractivity contribution in [2.45, 2.75) is 6.10 Å². The van der Waals surface area contributed by atoms with Gasteiger partial charge in [0, 0.05) is 5.02 Å². The summed E-state index contributed by atoms with van der Waals surface area (Å²) in [5.41, 5.74) is 5.17. The fourth-order valence-electron chi connectivity index (χ4n) is 1.14. The predicted molar refractivity (Wildman–Crippen MR) is 60.5 cm³/mol. The number of carbonyl (C=O) groups excluding carboxylic acids is 2. The predicted octanol–water partition coefficient (Wildman–Crippen LogP) is 1.18. The van der Waals surface area contributed by atoms with Gasteiger partial charge in [0.15, 0.2) is 0 Å². The number of ether oxygens (including phenoxy) is 1. The maximum atomic E-state index is 10.9. The fraction of sp³-hybridized carbons (Fsp3) is 0.200. The molecule has 17 heavy (non-hydrogen) atoms. The van der Waals surface area contributed by atoms with Crippen LogP contribution in [0, 0.1) is 0 Å². The van der Waals surface area contributed by atoms with Crippen molar-refractivity contribution in [2.75, 3.05) is 6.54 Å². The minimum absolute atomic E-state index is 0.119. The van der Waals surface area contributed by atoms with Crippen molar-refractivity contribution >= 4 is 23.8 Å². The van der Waals surface area contributed by atoms with Crippen LogP contribution in [-0.2, 0) is 4.74 Å². The molecule has 1 atom stereocenters. The standard InChI is InChI=1S/C10H11ClN2O4/c11-7-3-1-2-6(4-7)8(14)5-13-10(16)17-9(12)15/h1-4,8,14H,5H2,(H2,12,15)(H,13,16)/t8-/m0/s1. The van der Waals surface area contributed by atoms with Gasteiger partial charge in [0.1, 0.15) is 0 Å². The van der Waals surface area contributed by atoms with Crippen LogP contribution in [0.4, 0.5) is 9.59 Å². The molecular weight excluding hydrogens is 248 g/mol. The van der Waals surface area contributed by atoms with E-state index in [0.29, 0.717) is 10.6 Å². The fourth-order valence-corrected chi connectivity index (χ4v) is 1.34. The lowest BCUT2D eigenvalue weighted by atomic mass is 10.1. The van der Waals surface area contributed by atoms with Crippen molar-refractivity contribution in [3.05, 3.63) is 34.9 Å². The van der Waals surface area contributed by atoms with E-state index in [1.165, 1.54) is 0 Å². The summed E-state index contributed by atoms with van der Waals surface area (Å²) in [6.07, 6.45) is -3.17. The van der Waals surface area contributed by atoms with E-state index >= 15 is 0 Å². The van der Waals surface area contributed by atoms with Crippen LogP contribution in [0.2, 0.25) is 5.02 Å². The topological polar surface area (TPSA) is 102 Å². The minimum Gasteiger partial charge on any atom is -0.387 e. The molecule has 0 saturated carbocycles. The highest BCUT2D eigenvalue weighted by atomic mass is 35.5. The minimum atomic E-state index is -1.21. The lowest BCUT2D eigenvalue weighted by Gasteiger charge is -2.11. The first-order valence-electron chi connectivity index (χ1n) is 4.67. The lowest BCUT2D eigenvalue weighted by molar-refractivity contribution is 0.142. The molecule has 4 N–H and O–H groups in total. The number of amides is 2. The highest BCUT2D eigenvalue weighted by Crippen LogP contribution is 2.16. The van der Waals surface area contributed by atoms with E-state index in [0.717, 1.165) is 0 Å². The van der Waals surface area contributed by atoms with Gasteiger partial charge in [-0.1, -0.05) is 23.7 Å². The van der Waals surface area contributed by atoms with Crippen molar-refractivity contribution in [1.29, 1.82) is 0 Å². The number of benzene rings is 1. The first-order valence-corrected chi connectivity index (χ1v) is 5.05. The van der Waals surface area contributed by atoms with Crippen LogP contribution in [0.1, 0.15) is 11.7 Å². The van der Waals surface area contributed by atoms with Gasteiger partial charge < -0.3 is 20.9 Å². The first kappa shape index (κ1) is 13.3. The summed E-state index contributed by atoms with van der Waals surface area (Å²) in [6.45, 7) is -0.119. The number of hydrogen-bond donors (Lipinski definition) is 3. The molecule has 0 aromatic heterocycles. The summed E-state index contributed by atoms with van der Waals surface area (Å²) in [6, 6.07) is 6.54. The molecule has 0 radical (unpaired) electrons. The maximum absolute atomic E-state index is 10.9. The molecule has 1 aromatic rings. The van der Waals surface area contributed by atoms with Gasteiger partial charge in [0.05, 0.1) is 12.6 Å². The molecule has 0 aliphatic rings. The third-order valence-electron chi connectivity index (χ3n) is 1.87. The zero-order valence-corrected chi connectivity index (χ0v) is 9.48. The molecule has 0 bridgehead atoms. The Morgan fingerprint density at radius 1 is 1.53 bits per heavy atom. The summed E-state index contributed by atoms with van der Waals surface area (Å²) in [4.78, 5) is 21.1. The van der Waals surface area contributed by atoms with Crippen molar-refractivity contribution in [2.24, 2.45) is 5.73 Å². The van der Waals surface area contributed by atoms with Gasteiger partial charge in [-0.05, 0) is 17.7 Å². The van der Waals surface area contributed by atoms with Crippen LogP contribution < -0.4 is 11.1 Å². The summed E-state index contributed by atoms with van der Waals surface area (Å²) >= 11 is 5.74. The molecule has 92 valence electrons. The Labute approximate surface area is 102 Å². The number of hydrogen-bond acceptors (Lipinski definition) is 4. The zero-order chi connectivity index (χ0) is 12.8. The van der Waals surface area contributed by atoms with Crippen molar-refractivity contribution in [3.8, 4) is 0 Å². The molecule has 0 heterocycles. The number of primary amides is 1. The van der Waals surface area contributed by atoms with Crippen LogP contribution in [0.15, 0.2) is 24.3 Å². The number of aliphatic hydroxyl groups excluding tert-OH is 1. The molecule has 0 aliphatic heterocycles. The number of nitrogens with one attached hydrogen (secondary N) is 1. The smallest absolute Gasteiger partial charge is 0.387 e. The Morgan fingerprint density at radius 3 is 2.82 bits per heavy atom. The molecule has 1 rings (SSSR count). The third-order valence-corrected chi connectivity index (χ3v) is 2.10. The third kappa shape index (κ3) is 4.71. The molecule has 2 amide bonds. The van der Waals surface area contributed by atoms with Crippen LogP contribution >= 0.6 is 11.6 Å². The molecule has 6 nitrogen and oxygen atoms in total. The van der Waals surface area contributed by atoms with E-state index < -0.39 is 18.3 Å². The van der Waals surface area contributed by atoms with Crippen molar-refractivity contribution in [3.63, 3.8) is 0 Å². The molecule has 0 unspecified atom stereocenters. The second-order valence-corrected chi connectivity index (χ2v) is 3.60. The van der Waals surface area contributed by atoms with E-state index in [1.807, 2.05) is 0 Å². The Bertz CT molecular complexity index is 425. The van der Waals surface area contributed by atoms with Gasteiger partial charge in [-0.3, -0.25) is 0 Å². The van der Waals surface area contributed by atoms with Crippen molar-refractivity contribution in [1.82, 2.24) is 5.32 Å². The van der Waals surface area contributed by atoms with Crippen LogP contribution in [0.3, 0.4) is 0 Å². The van der Waals surface area contributed by atoms with Crippen LogP contribution in [0.5, 0.6) is 0 Å². The van der Waals surface area contributed by atoms with Crippen molar-refractivity contribution < 1.29 is 19.4 Å². The Morgan fingerprint density at radius 2 is 2.24 bits per heavy atom. The average Bonchev–Trinajstić information content (AvgIpc) is 2.25. The monoisotopic (exact) mass is 258 g/mol. The first-order chi connectivity index (χ1) is 7.99. The molecule has 7 heteroatoms. The average molecular weight is 259 g/mol. The number of rotatable bonds is 3. The van der Waals surface area contributed by atoms with E-state index in [1.54, 1.807) is 24.3 Å². The second-order valence-electron chi connectivity index (χ2n) is 3.16. The molecular formula is C10H11ClN2O4. The number of aliphatic hydroxyl groups is 1. The summed E-state index contributed by atoms with van der Waals surface area (Å²) in [5.74, 6) is 0. The summed E-state index contributed by atoms with van der Waals surface area (Å²) in [7, 11) is 0. The van der Waals surface area contributed by atoms with E-state index in [4.69, 9.17) is 11.6 Å². The highest BCUT2D eigenvalue weighted by molar-refractivity contribution is 6.30. The number of carbonyl (C=O) groups is 2. The second kappa shape index (κ2) is 6.07. The lowest BCUT2D eigenvalue weighted by Crippen LogP contribution is -2.32. The van der Waals surface area contributed by atoms with E-state index in [-0.39, 0.29) is 6.54 Å². The molecule has 0 spiro atoms. The zero-order valence-electron chi connectivity index (χ0n) is 8.72. The van der Waals surface area contributed by atoms with Gasteiger partial charge in [-0.25, -0.2) is 9.59 Å². The summed E-state index contributed by atoms with van der Waals surface area (Å²) < 4.78 is 4.01. The van der Waals surface area contributed by atoms with Gasteiger partial charge in [0.2, 0.25) is 0 Å². The molecule has 0 fully saturated rings. The number of halogens is 1. The van der Waals surface area contributed by atoms with Crippen LogP contribution in [0.25, 0.3) is 0 Å². The Balaban J connectivity index is 2.47. The maximum Gasteiger partial charge on any atom is 0.416 e. The van der Waals surface area contributed by atoms with E-state index in [2.05, 4.69) is 15.8 Å². The quantitative estimate of drug-likeness (QED) is 0.709. The summed E-state index contributed by atoms with van der Waals surface area (Å²) in [5, 5.41) is 12.3. The van der Waals surface area contributed by atoms with E-state index in [9.17, 15) is 14.7 Å². The normalized spacial score (nSPS) is 11.6. The van der Waals surface area contributed by atoms with Gasteiger partial charge in [-0.2, -0.15) is 0 Å². The largest absolute Gasteiger partial charge is 0.416 e.